The van der Waals surface area contributed by atoms with E-state index < -0.39 is 0 Å². The van der Waals surface area contributed by atoms with Gasteiger partial charge in [-0.3, -0.25) is 4.79 Å². The van der Waals surface area contributed by atoms with E-state index >= 15 is 0 Å². The zero-order valence-corrected chi connectivity index (χ0v) is 16.9. The van der Waals surface area contributed by atoms with Gasteiger partial charge >= 0.3 is 0 Å². The van der Waals surface area contributed by atoms with Gasteiger partial charge in [-0.1, -0.05) is 23.7 Å². The average molecular weight is 397 g/mol. The van der Waals surface area contributed by atoms with Crippen molar-refractivity contribution in [2.75, 3.05) is 17.7 Å². The average Bonchev–Trinajstić information content (AvgIpc) is 2.64. The maximum absolute atomic E-state index is 11.6. The lowest BCUT2D eigenvalue weighted by molar-refractivity contribution is 0.101. The van der Waals surface area contributed by atoms with Gasteiger partial charge in [0.2, 0.25) is 0 Å². The summed E-state index contributed by atoms with van der Waals surface area (Å²) in [6.45, 7) is 5.28. The largest absolute Gasteiger partial charge is 0.495 e. The van der Waals surface area contributed by atoms with E-state index in [9.17, 15) is 4.79 Å². The molecule has 6 nitrogen and oxygen atoms in total. The molecule has 0 bridgehead atoms. The summed E-state index contributed by atoms with van der Waals surface area (Å²) in [7, 11) is 1.59. The lowest BCUT2D eigenvalue weighted by atomic mass is 10.1. The minimum absolute atomic E-state index is 0.00933. The molecular weight excluding hydrogens is 376 g/mol. The van der Waals surface area contributed by atoms with E-state index in [4.69, 9.17) is 16.3 Å². The molecule has 0 spiro atoms. The monoisotopic (exact) mass is 396 g/mol. The summed E-state index contributed by atoms with van der Waals surface area (Å²) in [6, 6.07) is 12.7. The number of aryl methyl sites for hydroxylation is 2. The van der Waals surface area contributed by atoms with E-state index in [2.05, 4.69) is 20.6 Å². The maximum Gasteiger partial charge on any atom is 0.159 e. The Kier molecular flexibility index (Phi) is 5.80. The zero-order valence-electron chi connectivity index (χ0n) is 16.1. The molecule has 0 amide bonds. The zero-order chi connectivity index (χ0) is 20.3. The molecule has 0 saturated carbocycles. The lowest BCUT2D eigenvalue weighted by Crippen LogP contribution is -2.03. The maximum atomic E-state index is 11.6. The van der Waals surface area contributed by atoms with Crippen LogP contribution >= 0.6 is 11.6 Å². The molecule has 2 aromatic carbocycles. The van der Waals surface area contributed by atoms with Crippen LogP contribution in [0, 0.1) is 13.8 Å². The fourth-order valence-electron chi connectivity index (χ4n) is 2.73. The first-order valence-corrected chi connectivity index (χ1v) is 9.08. The second-order valence-electron chi connectivity index (χ2n) is 6.37. The Hall–Kier alpha value is -3.12. The Morgan fingerprint density at radius 3 is 2.43 bits per heavy atom. The molecule has 7 heteroatoms. The van der Waals surface area contributed by atoms with Crippen LogP contribution in [0.2, 0.25) is 5.02 Å². The summed E-state index contributed by atoms with van der Waals surface area (Å²) in [4.78, 5) is 20.4. The highest BCUT2D eigenvalue weighted by molar-refractivity contribution is 6.31. The van der Waals surface area contributed by atoms with Crippen LogP contribution in [0.15, 0.2) is 42.5 Å². The lowest BCUT2D eigenvalue weighted by Gasteiger charge is -2.14. The van der Waals surface area contributed by atoms with Crippen LogP contribution in [0.3, 0.4) is 0 Å². The van der Waals surface area contributed by atoms with Crippen molar-refractivity contribution >= 4 is 40.4 Å². The fourth-order valence-corrected chi connectivity index (χ4v) is 2.88. The van der Waals surface area contributed by atoms with Crippen molar-refractivity contribution in [2.24, 2.45) is 0 Å². The second-order valence-corrected chi connectivity index (χ2v) is 6.78. The number of aromatic nitrogens is 2. The number of halogens is 1. The van der Waals surface area contributed by atoms with Gasteiger partial charge in [0.1, 0.15) is 23.2 Å². The molecule has 0 atom stereocenters. The number of benzene rings is 2. The van der Waals surface area contributed by atoms with Crippen molar-refractivity contribution in [1.82, 2.24) is 9.97 Å². The van der Waals surface area contributed by atoms with Crippen molar-refractivity contribution < 1.29 is 9.53 Å². The highest BCUT2D eigenvalue weighted by Crippen LogP contribution is 2.33. The van der Waals surface area contributed by atoms with Crippen LogP contribution in [-0.4, -0.2) is 22.9 Å². The summed E-state index contributed by atoms with van der Waals surface area (Å²) < 4.78 is 5.41. The van der Waals surface area contributed by atoms with Gasteiger partial charge < -0.3 is 15.4 Å². The number of nitrogens with zero attached hydrogens (tertiary/aromatic N) is 2. The quantitative estimate of drug-likeness (QED) is 0.540. The van der Waals surface area contributed by atoms with Gasteiger partial charge in [-0.25, -0.2) is 9.97 Å². The van der Waals surface area contributed by atoms with E-state index in [0.717, 1.165) is 16.9 Å². The number of nitrogens with one attached hydrogen (secondary N) is 2. The van der Waals surface area contributed by atoms with Gasteiger partial charge in [0.05, 0.1) is 12.8 Å². The number of ketones is 1. The van der Waals surface area contributed by atoms with E-state index in [1.165, 1.54) is 6.92 Å². The molecule has 28 heavy (non-hydrogen) atoms. The van der Waals surface area contributed by atoms with Gasteiger partial charge in [0.15, 0.2) is 5.78 Å². The molecule has 3 aromatic rings. The predicted octanol–water partition coefficient (Wildman–Crippen LogP) is 5.45. The van der Waals surface area contributed by atoms with Crippen LogP contribution in [0.1, 0.15) is 28.7 Å². The van der Waals surface area contributed by atoms with Crippen LogP contribution in [0.5, 0.6) is 5.75 Å². The van der Waals surface area contributed by atoms with Crippen molar-refractivity contribution in [1.29, 1.82) is 0 Å². The number of carbonyl (C=O) groups is 1. The Labute approximate surface area is 168 Å². The normalized spacial score (nSPS) is 10.5. The molecule has 0 aliphatic carbocycles. The molecule has 1 heterocycles. The Morgan fingerprint density at radius 2 is 1.75 bits per heavy atom. The molecule has 3 rings (SSSR count). The second kappa shape index (κ2) is 8.27. The van der Waals surface area contributed by atoms with Crippen LogP contribution < -0.4 is 15.4 Å². The van der Waals surface area contributed by atoms with Gasteiger partial charge in [0.25, 0.3) is 0 Å². The third kappa shape index (κ3) is 4.58. The summed E-state index contributed by atoms with van der Waals surface area (Å²) in [5.41, 5.74) is 3.09. The number of anilines is 4. The van der Waals surface area contributed by atoms with E-state index in [1.54, 1.807) is 31.4 Å². The predicted molar refractivity (Wildman–Crippen MR) is 113 cm³/mol. The van der Waals surface area contributed by atoms with Gasteiger partial charge in [-0.05, 0) is 44.5 Å². The highest BCUT2D eigenvalue weighted by atomic mass is 35.5. The topological polar surface area (TPSA) is 76.1 Å². The van der Waals surface area contributed by atoms with Gasteiger partial charge in [0, 0.05) is 28.4 Å². The number of hydrogen-bond acceptors (Lipinski definition) is 6. The van der Waals surface area contributed by atoms with Crippen molar-refractivity contribution in [3.05, 3.63) is 64.4 Å². The van der Waals surface area contributed by atoms with Crippen molar-refractivity contribution in [3.63, 3.8) is 0 Å². The molecule has 0 aliphatic heterocycles. The van der Waals surface area contributed by atoms with E-state index in [1.807, 2.05) is 32.0 Å². The molecule has 144 valence electrons. The van der Waals surface area contributed by atoms with Crippen LogP contribution in [0.4, 0.5) is 23.0 Å². The van der Waals surface area contributed by atoms with Crippen LogP contribution in [-0.2, 0) is 0 Å². The number of carbonyl (C=O) groups excluding carboxylic acids is 1. The minimum atomic E-state index is 0.00933. The third-order valence-electron chi connectivity index (χ3n) is 4.12. The molecule has 2 N–H and O–H groups in total. The van der Waals surface area contributed by atoms with E-state index in [0.29, 0.717) is 33.8 Å². The molecule has 0 aliphatic rings. The molecular formula is C21H21ClN4O2. The summed E-state index contributed by atoms with van der Waals surface area (Å²) in [6.07, 6.45) is 0. The summed E-state index contributed by atoms with van der Waals surface area (Å²) in [5.74, 6) is 2.45. The summed E-state index contributed by atoms with van der Waals surface area (Å²) in [5, 5.41) is 7.11. The van der Waals surface area contributed by atoms with Crippen molar-refractivity contribution in [3.8, 4) is 5.75 Å². The molecule has 1 aromatic heterocycles. The van der Waals surface area contributed by atoms with E-state index in [-0.39, 0.29) is 5.78 Å². The number of Topliss-reactive ketones (excluding diaryl/α,β-unsaturated/α-hetero) is 1. The van der Waals surface area contributed by atoms with Gasteiger partial charge in [-0.15, -0.1) is 0 Å². The summed E-state index contributed by atoms with van der Waals surface area (Å²) >= 11 is 6.18. The standard InChI is InChI=1S/C21H21ClN4O2/c1-12-8-18(19(28-4)10-17(12)22)26-21-11-20(23-14(3)24-21)25-16-7-5-6-15(9-16)13(2)27/h5-11H,1-4H3,(H2,23,24,25,26). The number of hydrogen-bond donors (Lipinski definition) is 2. The highest BCUT2D eigenvalue weighted by Gasteiger charge is 2.10. The first-order chi connectivity index (χ1) is 13.4. The molecule has 0 radical (unpaired) electrons. The fraction of sp³-hybridized carbons (Fsp3) is 0.190. The van der Waals surface area contributed by atoms with Crippen molar-refractivity contribution in [2.45, 2.75) is 20.8 Å². The molecule has 0 saturated heterocycles. The Morgan fingerprint density at radius 1 is 1.04 bits per heavy atom. The smallest absolute Gasteiger partial charge is 0.159 e. The molecule has 0 fully saturated rings. The minimum Gasteiger partial charge on any atom is -0.495 e. The molecule has 0 unspecified atom stereocenters. The van der Waals surface area contributed by atoms with Gasteiger partial charge in [-0.2, -0.15) is 0 Å². The Bertz CT molecular complexity index is 1040. The first kappa shape index (κ1) is 19.6. The number of ether oxygens (including phenoxy) is 1. The number of rotatable bonds is 6. The van der Waals surface area contributed by atoms with Crippen LogP contribution in [0.25, 0.3) is 0 Å². The Balaban J connectivity index is 1.89. The third-order valence-corrected chi connectivity index (χ3v) is 4.53. The first-order valence-electron chi connectivity index (χ1n) is 8.70. The SMILES string of the molecule is COc1cc(Cl)c(C)cc1Nc1cc(Nc2cccc(C(C)=O)c2)nc(C)n1. The number of methoxy groups -OCH3 is 1.